The molecule has 0 aliphatic carbocycles. The maximum atomic E-state index is 12.4. The molecule has 0 saturated heterocycles. The number of aliphatic hydroxyl groups excluding tert-OH is 1. The molecule has 0 radical (unpaired) electrons. The minimum absolute atomic E-state index is 0.0810. The molecule has 0 amide bonds. The van der Waals surface area contributed by atoms with Crippen LogP contribution in [0.5, 0.6) is 5.75 Å². The van der Waals surface area contributed by atoms with Gasteiger partial charge in [0.15, 0.2) is 0 Å². The van der Waals surface area contributed by atoms with Crippen LogP contribution >= 0.6 is 0 Å². The molecule has 0 saturated carbocycles. The number of aliphatic hydroxyl groups is 1. The molecule has 1 atom stereocenters. The number of hydrogen-bond donors (Lipinski definition) is 1. The van der Waals surface area contributed by atoms with Crippen LogP contribution in [0.4, 0.5) is 13.2 Å². The van der Waals surface area contributed by atoms with Gasteiger partial charge in [-0.2, -0.15) is 13.2 Å². The van der Waals surface area contributed by atoms with Crippen LogP contribution in [0.3, 0.4) is 0 Å². The Kier molecular flexibility index (Phi) is 4.24. The third-order valence-corrected chi connectivity index (χ3v) is 2.62. The Bertz CT molecular complexity index is 541. The van der Waals surface area contributed by atoms with E-state index in [9.17, 15) is 18.3 Å². The zero-order chi connectivity index (χ0) is 14.6. The van der Waals surface area contributed by atoms with Crippen LogP contribution in [-0.2, 0) is 6.18 Å². The highest BCUT2D eigenvalue weighted by Crippen LogP contribution is 2.30. The van der Waals surface area contributed by atoms with Gasteiger partial charge >= 0.3 is 6.18 Å². The van der Waals surface area contributed by atoms with Crippen LogP contribution < -0.4 is 4.74 Å². The van der Waals surface area contributed by atoms with Gasteiger partial charge in [0.1, 0.15) is 18.5 Å². The van der Waals surface area contributed by atoms with Crippen molar-refractivity contribution >= 4 is 0 Å². The molecule has 0 fully saturated rings. The normalized spacial score (nSPS) is 13.0. The van der Waals surface area contributed by atoms with Gasteiger partial charge in [0.25, 0.3) is 0 Å². The molecule has 1 heterocycles. The number of ether oxygens (including phenoxy) is 1. The van der Waals surface area contributed by atoms with Crippen molar-refractivity contribution in [2.24, 2.45) is 0 Å². The minimum atomic E-state index is -4.37. The Labute approximate surface area is 113 Å². The average molecular weight is 283 g/mol. The second-order valence-electron chi connectivity index (χ2n) is 4.10. The Morgan fingerprint density at radius 3 is 2.35 bits per heavy atom. The van der Waals surface area contributed by atoms with Gasteiger partial charge in [-0.05, 0) is 36.4 Å². The van der Waals surface area contributed by atoms with Crippen molar-refractivity contribution in [3.8, 4) is 5.75 Å². The molecule has 3 nitrogen and oxygen atoms in total. The largest absolute Gasteiger partial charge is 0.490 e. The number of aromatic nitrogens is 1. The van der Waals surface area contributed by atoms with E-state index in [2.05, 4.69) is 4.98 Å². The van der Waals surface area contributed by atoms with Crippen LogP contribution in [0.25, 0.3) is 0 Å². The quantitative estimate of drug-likeness (QED) is 0.936. The van der Waals surface area contributed by atoms with E-state index < -0.39 is 17.8 Å². The first-order valence-electron chi connectivity index (χ1n) is 5.86. The number of pyridine rings is 1. The van der Waals surface area contributed by atoms with Gasteiger partial charge < -0.3 is 9.84 Å². The molecule has 0 aliphatic rings. The number of hydrogen-bond acceptors (Lipinski definition) is 3. The van der Waals surface area contributed by atoms with Crippen LogP contribution in [0.2, 0.25) is 0 Å². The second kappa shape index (κ2) is 5.92. The van der Waals surface area contributed by atoms with Crippen molar-refractivity contribution in [3.63, 3.8) is 0 Å². The maximum Gasteiger partial charge on any atom is 0.416 e. The van der Waals surface area contributed by atoms with Gasteiger partial charge in [0.05, 0.1) is 11.3 Å². The van der Waals surface area contributed by atoms with Crippen molar-refractivity contribution < 1.29 is 23.0 Å². The summed E-state index contributed by atoms with van der Waals surface area (Å²) in [5.41, 5.74) is -0.297. The number of benzene rings is 1. The fourth-order valence-corrected chi connectivity index (χ4v) is 1.57. The van der Waals surface area contributed by atoms with Crippen LogP contribution in [0, 0.1) is 0 Å². The molecule has 0 spiro atoms. The van der Waals surface area contributed by atoms with Gasteiger partial charge in [-0.15, -0.1) is 0 Å². The average Bonchev–Trinajstić information content (AvgIpc) is 2.45. The lowest BCUT2D eigenvalue weighted by molar-refractivity contribution is -0.137. The van der Waals surface area contributed by atoms with Crippen LogP contribution in [-0.4, -0.2) is 16.7 Å². The molecular formula is C14H12F3NO2. The third-order valence-electron chi connectivity index (χ3n) is 2.62. The number of rotatable bonds is 4. The van der Waals surface area contributed by atoms with E-state index in [1.807, 2.05) is 0 Å². The third kappa shape index (κ3) is 3.71. The van der Waals surface area contributed by atoms with Gasteiger partial charge in [0.2, 0.25) is 0 Å². The predicted octanol–water partition coefficient (Wildman–Crippen LogP) is 3.21. The summed E-state index contributed by atoms with van der Waals surface area (Å²) in [6, 6.07) is 9.38. The minimum Gasteiger partial charge on any atom is -0.490 e. The highest BCUT2D eigenvalue weighted by Gasteiger charge is 2.30. The smallest absolute Gasteiger partial charge is 0.416 e. The lowest BCUT2D eigenvalue weighted by atomic mass is 10.2. The molecule has 0 aliphatic heterocycles. The molecule has 1 aromatic heterocycles. The number of alkyl halides is 3. The summed E-state index contributed by atoms with van der Waals surface area (Å²) in [5.74, 6) is 0.257. The maximum absolute atomic E-state index is 12.4. The summed E-state index contributed by atoms with van der Waals surface area (Å²) in [7, 11) is 0. The topological polar surface area (TPSA) is 42.4 Å². The lowest BCUT2D eigenvalue weighted by Crippen LogP contribution is -2.11. The molecule has 106 valence electrons. The van der Waals surface area contributed by atoms with Crippen LogP contribution in [0.1, 0.15) is 17.4 Å². The zero-order valence-corrected chi connectivity index (χ0v) is 10.3. The van der Waals surface area contributed by atoms with Crippen molar-refractivity contribution in [2.45, 2.75) is 12.3 Å². The van der Waals surface area contributed by atoms with Gasteiger partial charge in [-0.25, -0.2) is 0 Å². The molecule has 1 unspecified atom stereocenters. The van der Waals surface area contributed by atoms with E-state index in [0.717, 1.165) is 12.1 Å². The van der Waals surface area contributed by atoms with Crippen molar-refractivity contribution in [1.29, 1.82) is 0 Å². The molecule has 6 heteroatoms. The Hall–Kier alpha value is -2.08. The molecule has 2 aromatic rings. The first-order chi connectivity index (χ1) is 9.47. The summed E-state index contributed by atoms with van der Waals surface area (Å²) in [5, 5.41) is 9.80. The molecule has 2 rings (SSSR count). The lowest BCUT2D eigenvalue weighted by Gasteiger charge is -2.12. The van der Waals surface area contributed by atoms with E-state index in [1.54, 1.807) is 18.2 Å². The van der Waals surface area contributed by atoms with E-state index in [4.69, 9.17) is 4.74 Å². The molecule has 1 aromatic carbocycles. The molecule has 0 bridgehead atoms. The van der Waals surface area contributed by atoms with Crippen LogP contribution in [0.15, 0.2) is 48.7 Å². The molecular weight excluding hydrogens is 271 g/mol. The SMILES string of the molecule is OC(COc1ccc(C(F)(F)F)cc1)c1ccccn1. The summed E-state index contributed by atoms with van der Waals surface area (Å²) >= 11 is 0. The highest BCUT2D eigenvalue weighted by atomic mass is 19.4. The second-order valence-corrected chi connectivity index (χ2v) is 4.10. The first-order valence-corrected chi connectivity index (χ1v) is 5.86. The summed E-state index contributed by atoms with van der Waals surface area (Å²) in [6.07, 6.45) is -3.76. The van der Waals surface area contributed by atoms with Gasteiger partial charge in [-0.1, -0.05) is 6.07 Å². The summed E-state index contributed by atoms with van der Waals surface area (Å²) in [6.45, 7) is -0.0810. The fourth-order valence-electron chi connectivity index (χ4n) is 1.57. The van der Waals surface area contributed by atoms with Gasteiger partial charge in [0, 0.05) is 6.20 Å². The van der Waals surface area contributed by atoms with E-state index >= 15 is 0 Å². The van der Waals surface area contributed by atoms with Gasteiger partial charge in [-0.3, -0.25) is 4.98 Å². The molecule has 1 N–H and O–H groups in total. The standard InChI is InChI=1S/C14H12F3NO2/c15-14(16,17)10-4-6-11(7-5-10)20-9-13(19)12-3-1-2-8-18-12/h1-8,13,19H,9H2. The predicted molar refractivity (Wildman–Crippen MR) is 66.1 cm³/mol. The first kappa shape index (κ1) is 14.3. The van der Waals surface area contributed by atoms with Crippen molar-refractivity contribution in [1.82, 2.24) is 4.98 Å². The van der Waals surface area contributed by atoms with E-state index in [1.165, 1.54) is 18.3 Å². The fraction of sp³-hybridized carbons (Fsp3) is 0.214. The Balaban J connectivity index is 1.94. The number of nitrogens with zero attached hydrogens (tertiary/aromatic N) is 1. The van der Waals surface area contributed by atoms with E-state index in [-0.39, 0.29) is 12.4 Å². The van der Waals surface area contributed by atoms with Crippen molar-refractivity contribution in [3.05, 3.63) is 59.9 Å². The summed E-state index contributed by atoms with van der Waals surface area (Å²) < 4.78 is 42.3. The monoisotopic (exact) mass is 283 g/mol. The van der Waals surface area contributed by atoms with Crippen molar-refractivity contribution in [2.75, 3.05) is 6.61 Å². The Morgan fingerprint density at radius 1 is 1.10 bits per heavy atom. The highest BCUT2D eigenvalue weighted by molar-refractivity contribution is 5.28. The zero-order valence-electron chi connectivity index (χ0n) is 10.3. The number of halogens is 3. The summed E-state index contributed by atoms with van der Waals surface area (Å²) in [4.78, 5) is 3.96. The Morgan fingerprint density at radius 2 is 1.80 bits per heavy atom. The van der Waals surface area contributed by atoms with E-state index in [0.29, 0.717) is 5.69 Å². The molecule has 20 heavy (non-hydrogen) atoms.